The molecule has 1 aliphatic carbocycles. The van der Waals surface area contributed by atoms with Crippen LogP contribution in [0.1, 0.15) is 91.4 Å². The summed E-state index contributed by atoms with van der Waals surface area (Å²) < 4.78 is 64.5. The van der Waals surface area contributed by atoms with E-state index in [9.17, 15) is 23.3 Å². The zero-order valence-electron chi connectivity index (χ0n) is 42.9. The topological polar surface area (TPSA) is 213 Å². The summed E-state index contributed by atoms with van der Waals surface area (Å²) in [7, 11) is -3.19. The Labute approximate surface area is 440 Å². The van der Waals surface area contributed by atoms with Crippen LogP contribution in [0.15, 0.2) is 102 Å². The molecule has 20 heteroatoms. The highest BCUT2D eigenvalue weighted by Crippen LogP contribution is 2.54. The molecule has 398 valence electrons. The van der Waals surface area contributed by atoms with Gasteiger partial charge in [-0.25, -0.2) is 27.5 Å². The Hall–Kier alpha value is -7.13. The smallest absolute Gasteiger partial charge is 0.296 e. The summed E-state index contributed by atoms with van der Waals surface area (Å²) in [4.78, 5) is 47.3. The number of sulfonamides is 1. The maximum atomic E-state index is 16.7. The van der Waals surface area contributed by atoms with Crippen molar-refractivity contribution in [1.82, 2.24) is 34.5 Å². The van der Waals surface area contributed by atoms with E-state index < -0.39 is 42.8 Å². The van der Waals surface area contributed by atoms with Crippen molar-refractivity contribution in [2.24, 2.45) is 11.3 Å². The molecular formula is C56H63FN10O8S. The van der Waals surface area contributed by atoms with Gasteiger partial charge < -0.3 is 34.4 Å². The van der Waals surface area contributed by atoms with E-state index in [4.69, 9.17) is 14.2 Å². The molecule has 7 aromatic rings. The number of pyridine rings is 1. The number of methoxy groups -OCH3 is 1. The second kappa shape index (κ2) is 21.1. The van der Waals surface area contributed by atoms with Gasteiger partial charge in [0.05, 0.1) is 41.3 Å². The molecule has 4 aliphatic rings. The highest BCUT2D eigenvalue weighted by Gasteiger charge is 2.50. The summed E-state index contributed by atoms with van der Waals surface area (Å²) >= 11 is 0. The lowest BCUT2D eigenvalue weighted by Gasteiger charge is -2.58. The first-order chi connectivity index (χ1) is 36.7. The number of piperidine rings is 1. The van der Waals surface area contributed by atoms with E-state index in [0.29, 0.717) is 50.5 Å². The number of amides is 1. The number of ether oxygens (including phenoxy) is 3. The number of aromatic nitrogens is 4. The molecule has 76 heavy (non-hydrogen) atoms. The van der Waals surface area contributed by atoms with Crippen molar-refractivity contribution in [1.29, 1.82) is 0 Å². The molecule has 1 spiro atoms. The molecular weight excluding hydrogens is 992 g/mol. The number of carbonyl (C=O) groups is 1. The number of anilines is 2. The Morgan fingerprint density at radius 1 is 0.974 bits per heavy atom. The van der Waals surface area contributed by atoms with Crippen molar-refractivity contribution in [2.75, 3.05) is 69.8 Å². The Balaban J connectivity index is 0.821. The number of H-pyrrole nitrogens is 2. The van der Waals surface area contributed by atoms with Crippen LogP contribution < -0.4 is 24.4 Å². The maximum absolute atomic E-state index is 16.7. The molecule has 3 aliphatic heterocycles. The molecule has 0 radical (unpaired) electrons. The third kappa shape index (κ3) is 10.3. The highest BCUT2D eigenvalue weighted by molar-refractivity contribution is 7.90. The normalized spacial score (nSPS) is 18.8. The monoisotopic (exact) mass is 1050 g/mol. The number of nitrogens with one attached hydrogen (secondary N) is 4. The van der Waals surface area contributed by atoms with Crippen molar-refractivity contribution in [3.8, 4) is 17.2 Å². The summed E-state index contributed by atoms with van der Waals surface area (Å²) in [6, 6.07) is 24.7. The number of halogens is 1. The fourth-order valence-electron chi connectivity index (χ4n) is 12.0. The van der Waals surface area contributed by atoms with E-state index >= 15 is 4.39 Å². The summed E-state index contributed by atoms with van der Waals surface area (Å²) in [5, 5.41) is 16.4. The number of piperazine rings is 1. The van der Waals surface area contributed by atoms with Crippen molar-refractivity contribution >= 4 is 55.1 Å². The molecule has 1 atom stereocenters. The van der Waals surface area contributed by atoms with Gasteiger partial charge in [-0.05, 0) is 103 Å². The minimum Gasteiger partial charge on any atom is -0.497 e. The van der Waals surface area contributed by atoms with Gasteiger partial charge in [0, 0.05) is 94.8 Å². The number of nitro benzene ring substituents is 1. The van der Waals surface area contributed by atoms with Crippen molar-refractivity contribution in [3.63, 3.8) is 0 Å². The summed E-state index contributed by atoms with van der Waals surface area (Å²) in [6.45, 7) is 10.9. The molecule has 1 unspecified atom stereocenters. The first-order valence-corrected chi connectivity index (χ1v) is 27.7. The lowest BCUT2D eigenvalue weighted by molar-refractivity contribution is -0.384. The maximum Gasteiger partial charge on any atom is 0.296 e. The summed E-state index contributed by atoms with van der Waals surface area (Å²) in [5.41, 5.74) is 4.04. The zero-order chi connectivity index (χ0) is 52.7. The fourth-order valence-corrected chi connectivity index (χ4v) is 13.2. The van der Waals surface area contributed by atoms with E-state index in [1.807, 2.05) is 21.8 Å². The van der Waals surface area contributed by atoms with Crippen LogP contribution in [0.3, 0.4) is 0 Å². The van der Waals surface area contributed by atoms with Crippen LogP contribution in [0.4, 0.5) is 21.5 Å². The summed E-state index contributed by atoms with van der Waals surface area (Å²) in [6.07, 6.45) is 9.70. The average molecular weight is 1060 g/mol. The molecule has 1 amide bonds. The molecule has 4 N–H and O–H groups in total. The van der Waals surface area contributed by atoms with Gasteiger partial charge in [-0.15, -0.1) is 0 Å². The fraction of sp³-hybridized carbons (Fsp3) is 0.411. The van der Waals surface area contributed by atoms with Gasteiger partial charge in [-0.1, -0.05) is 50.2 Å². The van der Waals surface area contributed by atoms with Crippen LogP contribution in [-0.4, -0.2) is 115 Å². The van der Waals surface area contributed by atoms with Crippen LogP contribution in [0.5, 0.6) is 17.2 Å². The Morgan fingerprint density at radius 2 is 1.75 bits per heavy atom. The van der Waals surface area contributed by atoms with E-state index in [1.54, 1.807) is 25.4 Å². The minimum atomic E-state index is -4.88. The predicted octanol–water partition coefficient (Wildman–Crippen LogP) is 9.68. The third-order valence-electron chi connectivity index (χ3n) is 16.2. The van der Waals surface area contributed by atoms with Gasteiger partial charge in [-0.2, -0.15) is 0 Å². The molecule has 3 aromatic heterocycles. The second-order valence-corrected chi connectivity index (χ2v) is 22.8. The van der Waals surface area contributed by atoms with Crippen molar-refractivity contribution in [2.45, 2.75) is 81.8 Å². The number of hydrogen-bond donors (Lipinski definition) is 4. The molecule has 4 fully saturated rings. The highest BCUT2D eigenvalue weighted by atomic mass is 32.2. The van der Waals surface area contributed by atoms with Crippen LogP contribution in [-0.2, 0) is 21.3 Å². The van der Waals surface area contributed by atoms with Gasteiger partial charge in [0.25, 0.3) is 21.6 Å². The van der Waals surface area contributed by atoms with Crippen LogP contribution in [0, 0.1) is 27.3 Å². The van der Waals surface area contributed by atoms with Crippen LogP contribution in [0.25, 0.3) is 22.1 Å². The number of hydrogen-bond acceptors (Lipinski definition) is 14. The second-order valence-electron chi connectivity index (χ2n) is 21.2. The van der Waals surface area contributed by atoms with E-state index in [0.717, 1.165) is 88.0 Å². The van der Waals surface area contributed by atoms with E-state index in [-0.39, 0.29) is 51.3 Å². The van der Waals surface area contributed by atoms with Crippen LogP contribution >= 0.6 is 0 Å². The zero-order valence-corrected chi connectivity index (χ0v) is 43.7. The van der Waals surface area contributed by atoms with E-state index in [2.05, 4.69) is 85.3 Å². The number of nitro groups is 1. The van der Waals surface area contributed by atoms with E-state index in [1.165, 1.54) is 35.3 Å². The summed E-state index contributed by atoms with van der Waals surface area (Å²) in [5.74, 6) is -0.406. The first kappa shape index (κ1) is 51.0. The van der Waals surface area contributed by atoms with Gasteiger partial charge in [0.2, 0.25) is 0 Å². The predicted molar refractivity (Wildman–Crippen MR) is 287 cm³/mol. The Kier molecular flexibility index (Phi) is 14.2. The molecule has 3 saturated heterocycles. The number of nitrogens with zero attached hydrogens (tertiary/aromatic N) is 6. The lowest BCUT2D eigenvalue weighted by Crippen LogP contribution is -2.60. The molecule has 6 heterocycles. The molecule has 1 saturated carbocycles. The standard InChI is InChI=1S/C56H63FN10O8S/c1-35(2)42-6-4-5-7-43(42)48-33-64(32-37-8-10-40(73-3)11-9-37)20-21-66(48)39-28-56(29-39)15-18-65(19-16-56)46-26-49(75-41-24-38-12-17-58-54(38)60-31-41)44(25-45(46)57)55(68)63-76(71,72)50-27-47(67(69)70)51(53-52(50)61-34-62-53)59-30-36-13-22-74-23-14-36/h4-12,17,24-27,31,34-36,39,48,59H,13-16,18-23,28-30,32-33H2,1-3H3,(H,58,60)(H,61,62)(H,63,68). The number of rotatable bonds is 16. The lowest BCUT2D eigenvalue weighted by atomic mass is 9.59. The van der Waals surface area contributed by atoms with Gasteiger partial charge in [0.15, 0.2) is 0 Å². The Morgan fingerprint density at radius 3 is 2.50 bits per heavy atom. The molecule has 4 aromatic carbocycles. The van der Waals surface area contributed by atoms with Gasteiger partial charge in [-0.3, -0.25) is 24.7 Å². The number of aromatic amines is 2. The van der Waals surface area contributed by atoms with Crippen molar-refractivity contribution in [3.05, 3.63) is 136 Å². The van der Waals surface area contributed by atoms with Crippen molar-refractivity contribution < 1.29 is 36.7 Å². The molecule has 0 bridgehead atoms. The number of carbonyl (C=O) groups excluding carboxylic acids is 1. The SMILES string of the molecule is COc1ccc(CN2CCN(C3CC4(CCN(c5cc(Oc6cnc7[nH]ccc7c6)c(C(=O)NS(=O)(=O)c6cc([N+](=O)[O-])c(NCC7CCOCC7)c7[nH]cnc67)cc5F)CC4)C3)C(c3ccccc3C(C)C)C2)cc1. The number of fused-ring (bicyclic) bond motifs is 2. The minimum absolute atomic E-state index is 0.0730. The third-order valence-corrected chi connectivity index (χ3v) is 17.5. The average Bonchev–Trinajstić information content (AvgIpc) is 4.13. The Bertz CT molecular complexity index is 3380. The quantitative estimate of drug-likeness (QED) is 0.0524. The first-order valence-electron chi connectivity index (χ1n) is 26.2. The van der Waals surface area contributed by atoms with Gasteiger partial charge >= 0.3 is 0 Å². The van der Waals surface area contributed by atoms with Gasteiger partial charge in [0.1, 0.15) is 44.8 Å². The van der Waals surface area contributed by atoms with Crippen LogP contribution in [0.2, 0.25) is 0 Å². The number of benzene rings is 4. The molecule has 18 nitrogen and oxygen atoms in total. The molecule has 11 rings (SSSR count). The number of imidazole rings is 1. The largest absolute Gasteiger partial charge is 0.497 e.